The number of aryl methyl sites for hydroxylation is 1. The van der Waals surface area contributed by atoms with E-state index in [-0.39, 0.29) is 12.3 Å². The highest BCUT2D eigenvalue weighted by atomic mass is 35.5. The van der Waals surface area contributed by atoms with Crippen molar-refractivity contribution >= 4 is 29.2 Å². The Morgan fingerprint density at radius 1 is 1.32 bits per heavy atom. The van der Waals surface area contributed by atoms with Crippen molar-refractivity contribution in [3.8, 4) is 0 Å². The van der Waals surface area contributed by atoms with Crippen LogP contribution in [0.15, 0.2) is 18.2 Å². The summed E-state index contributed by atoms with van der Waals surface area (Å²) in [5.41, 5.74) is 1.48. The molecule has 0 aliphatic rings. The van der Waals surface area contributed by atoms with Crippen LogP contribution in [-0.2, 0) is 9.59 Å². The molecule has 1 atom stereocenters. The van der Waals surface area contributed by atoms with Crippen molar-refractivity contribution in [1.82, 2.24) is 5.32 Å². The summed E-state index contributed by atoms with van der Waals surface area (Å²) in [6, 6.07) is 4.31. The van der Waals surface area contributed by atoms with Gasteiger partial charge in [-0.2, -0.15) is 0 Å². The Bertz CT molecular complexity index is 520. The van der Waals surface area contributed by atoms with Gasteiger partial charge >= 0.3 is 5.97 Å². The molecule has 0 aromatic heterocycles. The van der Waals surface area contributed by atoms with E-state index in [9.17, 15) is 14.7 Å². The predicted molar refractivity (Wildman–Crippen MR) is 88.4 cm³/mol. The van der Waals surface area contributed by atoms with Crippen LogP contribution in [0.25, 0.3) is 0 Å². The van der Waals surface area contributed by atoms with Gasteiger partial charge in [0.15, 0.2) is 0 Å². The van der Waals surface area contributed by atoms with Gasteiger partial charge < -0.3 is 15.7 Å². The lowest BCUT2D eigenvalue weighted by Gasteiger charge is -2.15. The highest BCUT2D eigenvalue weighted by molar-refractivity contribution is 6.31. The zero-order valence-corrected chi connectivity index (χ0v) is 13.7. The van der Waals surface area contributed by atoms with Crippen LogP contribution in [0.5, 0.6) is 0 Å². The van der Waals surface area contributed by atoms with Gasteiger partial charge in [0.05, 0.1) is 6.42 Å². The van der Waals surface area contributed by atoms with Crippen molar-refractivity contribution in [3.05, 3.63) is 28.8 Å². The molecule has 1 aromatic carbocycles. The molecule has 1 amide bonds. The summed E-state index contributed by atoms with van der Waals surface area (Å²) in [6.07, 6.45) is 2.88. The van der Waals surface area contributed by atoms with Crippen molar-refractivity contribution < 1.29 is 14.7 Å². The smallest absolute Gasteiger partial charge is 0.321 e. The molecule has 1 unspecified atom stereocenters. The summed E-state index contributed by atoms with van der Waals surface area (Å²) >= 11 is 5.90. The molecule has 1 aromatic rings. The van der Waals surface area contributed by atoms with Gasteiger partial charge in [-0.15, -0.1) is 0 Å². The normalized spacial score (nSPS) is 12.0. The number of carbonyl (C=O) groups is 2. The lowest BCUT2D eigenvalue weighted by Crippen LogP contribution is -2.40. The van der Waals surface area contributed by atoms with Gasteiger partial charge in [-0.25, -0.2) is 0 Å². The van der Waals surface area contributed by atoms with E-state index in [1.807, 2.05) is 6.92 Å². The minimum Gasteiger partial charge on any atom is -0.480 e. The van der Waals surface area contributed by atoms with E-state index in [2.05, 4.69) is 17.6 Å². The molecular weight excluding hydrogens is 304 g/mol. The highest BCUT2D eigenvalue weighted by Gasteiger charge is 2.20. The predicted octanol–water partition coefficient (Wildman–Crippen LogP) is 3.21. The zero-order chi connectivity index (χ0) is 16.5. The van der Waals surface area contributed by atoms with E-state index in [0.29, 0.717) is 17.3 Å². The Labute approximate surface area is 136 Å². The monoisotopic (exact) mass is 326 g/mol. The summed E-state index contributed by atoms with van der Waals surface area (Å²) in [4.78, 5) is 23.2. The number of benzene rings is 1. The molecule has 0 saturated carbocycles. The van der Waals surface area contributed by atoms with Crippen molar-refractivity contribution in [1.29, 1.82) is 0 Å². The van der Waals surface area contributed by atoms with E-state index in [1.165, 1.54) is 0 Å². The average Bonchev–Trinajstić information content (AvgIpc) is 2.46. The Balaban J connectivity index is 2.56. The summed E-state index contributed by atoms with van der Waals surface area (Å²) in [5, 5.41) is 15.3. The molecule has 22 heavy (non-hydrogen) atoms. The quantitative estimate of drug-likeness (QED) is 0.609. The van der Waals surface area contributed by atoms with Gasteiger partial charge in [0.1, 0.15) is 6.04 Å². The van der Waals surface area contributed by atoms with Gasteiger partial charge in [0, 0.05) is 10.7 Å². The maximum absolute atomic E-state index is 12.0. The molecule has 3 N–H and O–H groups in total. The first-order chi connectivity index (χ1) is 10.4. The van der Waals surface area contributed by atoms with E-state index in [1.54, 1.807) is 18.2 Å². The van der Waals surface area contributed by atoms with E-state index in [4.69, 9.17) is 11.6 Å². The maximum atomic E-state index is 12.0. The molecule has 0 saturated heterocycles. The van der Waals surface area contributed by atoms with Crippen molar-refractivity contribution in [2.24, 2.45) is 0 Å². The summed E-state index contributed by atoms with van der Waals surface area (Å²) in [7, 11) is 0. The van der Waals surface area contributed by atoms with Crippen molar-refractivity contribution in [3.63, 3.8) is 0 Å². The molecule has 1 rings (SSSR count). The average molecular weight is 327 g/mol. The van der Waals surface area contributed by atoms with Crippen LogP contribution in [0.4, 0.5) is 5.69 Å². The lowest BCUT2D eigenvalue weighted by molar-refractivity contribution is -0.141. The number of amides is 1. The van der Waals surface area contributed by atoms with Crippen LogP contribution in [0, 0.1) is 6.92 Å². The van der Waals surface area contributed by atoms with Gasteiger partial charge in [0.25, 0.3) is 0 Å². The fourth-order valence-electron chi connectivity index (χ4n) is 2.01. The summed E-state index contributed by atoms with van der Waals surface area (Å²) in [6.45, 7) is 4.52. The Morgan fingerprint density at radius 2 is 2.05 bits per heavy atom. The fourth-order valence-corrected chi connectivity index (χ4v) is 2.19. The van der Waals surface area contributed by atoms with Gasteiger partial charge in [-0.05, 0) is 37.6 Å². The van der Waals surface area contributed by atoms with Gasteiger partial charge in [-0.1, -0.05) is 37.4 Å². The maximum Gasteiger partial charge on any atom is 0.321 e. The number of unbranched alkanes of at least 4 members (excludes halogenated alkanes) is 2. The minimum atomic E-state index is -1.02. The van der Waals surface area contributed by atoms with Crippen LogP contribution < -0.4 is 10.6 Å². The largest absolute Gasteiger partial charge is 0.480 e. The second-order valence-corrected chi connectivity index (χ2v) is 5.70. The molecule has 0 aliphatic carbocycles. The molecule has 0 aliphatic heterocycles. The first-order valence-corrected chi connectivity index (χ1v) is 7.84. The van der Waals surface area contributed by atoms with Crippen molar-refractivity contribution in [2.75, 3.05) is 11.9 Å². The van der Waals surface area contributed by atoms with Crippen LogP contribution in [0.3, 0.4) is 0 Å². The number of hydrogen-bond acceptors (Lipinski definition) is 3. The molecule has 0 radical (unpaired) electrons. The molecule has 0 bridgehead atoms. The third kappa shape index (κ3) is 6.45. The topological polar surface area (TPSA) is 78.4 Å². The summed E-state index contributed by atoms with van der Waals surface area (Å²) < 4.78 is 0. The second kappa shape index (κ2) is 9.43. The molecule has 122 valence electrons. The molecule has 5 nitrogen and oxygen atoms in total. The van der Waals surface area contributed by atoms with Gasteiger partial charge in [0.2, 0.25) is 5.91 Å². The van der Waals surface area contributed by atoms with Crippen molar-refractivity contribution in [2.45, 2.75) is 45.6 Å². The Hall–Kier alpha value is -1.59. The standard InChI is InChI=1S/C16H23ClN2O3/c1-3-4-5-8-18-14(16(21)22)10-15(20)19-13-9-12(17)7-6-11(13)2/h6-7,9,14,18H,3-5,8,10H2,1-2H3,(H,19,20)(H,21,22). The summed E-state index contributed by atoms with van der Waals surface area (Å²) in [5.74, 6) is -1.37. The Kier molecular flexibility index (Phi) is 7.91. The molecule has 0 spiro atoms. The van der Waals surface area contributed by atoms with Crippen LogP contribution in [-0.4, -0.2) is 29.6 Å². The fraction of sp³-hybridized carbons (Fsp3) is 0.500. The third-order valence-electron chi connectivity index (χ3n) is 3.33. The molecule has 6 heteroatoms. The number of carboxylic acids is 1. The lowest BCUT2D eigenvalue weighted by atomic mass is 10.1. The van der Waals surface area contributed by atoms with E-state index in [0.717, 1.165) is 24.8 Å². The first kappa shape index (κ1) is 18.5. The second-order valence-electron chi connectivity index (χ2n) is 5.26. The minimum absolute atomic E-state index is 0.118. The van der Waals surface area contributed by atoms with Crippen LogP contribution in [0.1, 0.15) is 38.2 Å². The molecular formula is C16H23ClN2O3. The zero-order valence-electron chi connectivity index (χ0n) is 13.0. The number of rotatable bonds is 9. The first-order valence-electron chi connectivity index (χ1n) is 7.46. The number of aliphatic carboxylic acids is 1. The van der Waals surface area contributed by atoms with E-state index < -0.39 is 12.0 Å². The number of anilines is 1. The Morgan fingerprint density at radius 3 is 2.68 bits per heavy atom. The number of hydrogen-bond donors (Lipinski definition) is 3. The third-order valence-corrected chi connectivity index (χ3v) is 3.57. The number of halogens is 1. The van der Waals surface area contributed by atoms with Crippen LogP contribution >= 0.6 is 11.6 Å². The molecule has 0 heterocycles. The van der Waals surface area contributed by atoms with Gasteiger partial charge in [-0.3, -0.25) is 9.59 Å². The number of carbonyl (C=O) groups excluding carboxylic acids is 1. The molecule has 0 fully saturated rings. The van der Waals surface area contributed by atoms with Crippen LogP contribution in [0.2, 0.25) is 5.02 Å². The highest BCUT2D eigenvalue weighted by Crippen LogP contribution is 2.20. The SMILES string of the molecule is CCCCCNC(CC(=O)Nc1cc(Cl)ccc1C)C(=O)O. The van der Waals surface area contributed by atoms with E-state index >= 15 is 0 Å². The number of nitrogens with one attached hydrogen (secondary N) is 2. The number of carboxylic acid groups (broad SMARTS) is 1.